The molecule has 0 spiro atoms. The van der Waals surface area contributed by atoms with E-state index in [9.17, 15) is 0 Å². The van der Waals surface area contributed by atoms with Crippen LogP contribution in [0.5, 0.6) is 0 Å². The minimum Gasteiger partial charge on any atom is -0.311 e. The lowest BCUT2D eigenvalue weighted by Crippen LogP contribution is -2.27. The Labute approximate surface area is 118 Å². The highest BCUT2D eigenvalue weighted by Crippen LogP contribution is 2.39. The molecule has 1 aliphatic heterocycles. The molecule has 0 saturated carbocycles. The third-order valence-electron chi connectivity index (χ3n) is 3.10. The quantitative estimate of drug-likeness (QED) is 0.818. The van der Waals surface area contributed by atoms with Crippen LogP contribution in [0.3, 0.4) is 0 Å². The minimum absolute atomic E-state index is 0.401. The average molecular weight is 329 g/mol. The Kier molecular flexibility index (Phi) is 3.26. The van der Waals surface area contributed by atoms with Gasteiger partial charge >= 0.3 is 0 Å². The molecule has 1 N–H and O–H groups in total. The maximum absolute atomic E-state index is 6.12. The highest BCUT2D eigenvalue weighted by molar-refractivity contribution is 9.10. The minimum atomic E-state index is 0.401. The van der Waals surface area contributed by atoms with E-state index in [0.29, 0.717) is 5.92 Å². The molecule has 1 aromatic carbocycles. The van der Waals surface area contributed by atoms with Crippen molar-refractivity contribution in [3.05, 3.63) is 55.1 Å². The highest BCUT2D eigenvalue weighted by atomic mass is 79.9. The molecule has 0 fully saturated rings. The van der Waals surface area contributed by atoms with Crippen LogP contribution in [0.4, 0.5) is 0 Å². The molecular weight excluding hydrogens is 318 g/mol. The van der Waals surface area contributed by atoms with Gasteiger partial charge in [0.05, 0.1) is 4.34 Å². The Morgan fingerprint density at radius 2 is 2.12 bits per heavy atom. The number of hydrogen-bond donors (Lipinski definition) is 1. The predicted molar refractivity (Wildman–Crippen MR) is 77.0 cm³/mol. The van der Waals surface area contributed by atoms with E-state index in [1.807, 2.05) is 6.07 Å². The summed E-state index contributed by atoms with van der Waals surface area (Å²) in [5.41, 5.74) is 2.71. The third-order valence-corrected chi connectivity index (χ3v) is 5.10. The molecule has 0 amide bonds. The summed E-state index contributed by atoms with van der Waals surface area (Å²) in [7, 11) is 0. The first-order valence-electron chi connectivity index (χ1n) is 5.49. The van der Waals surface area contributed by atoms with Crippen LogP contribution < -0.4 is 5.32 Å². The van der Waals surface area contributed by atoms with Crippen LogP contribution >= 0.6 is 38.9 Å². The second-order valence-corrected chi connectivity index (χ2v) is 6.76. The fraction of sp³-hybridized carbons (Fsp3) is 0.231. The highest BCUT2D eigenvalue weighted by Gasteiger charge is 2.25. The summed E-state index contributed by atoms with van der Waals surface area (Å²) in [6, 6.07) is 10.5. The van der Waals surface area contributed by atoms with Gasteiger partial charge in [-0.25, -0.2) is 0 Å². The summed E-state index contributed by atoms with van der Waals surface area (Å²) in [5, 5.41) is 3.46. The van der Waals surface area contributed by atoms with E-state index in [-0.39, 0.29) is 0 Å². The Balaban J connectivity index is 2.09. The average Bonchev–Trinajstić information content (AvgIpc) is 2.70. The molecule has 1 atom stereocenters. The first kappa shape index (κ1) is 11.7. The second kappa shape index (κ2) is 4.73. The zero-order chi connectivity index (χ0) is 11.8. The van der Waals surface area contributed by atoms with Crippen LogP contribution in [0.1, 0.15) is 21.9 Å². The SMILES string of the molecule is Clc1cc2c(s1)CNC[C@@H]2c1ccccc1Br. The third kappa shape index (κ3) is 2.17. The van der Waals surface area contributed by atoms with Gasteiger partial charge in [0.1, 0.15) is 0 Å². The van der Waals surface area contributed by atoms with Crippen LogP contribution in [-0.4, -0.2) is 6.54 Å². The van der Waals surface area contributed by atoms with Crippen molar-refractivity contribution in [2.24, 2.45) is 0 Å². The number of thiophene rings is 1. The van der Waals surface area contributed by atoms with Gasteiger partial charge in [0.25, 0.3) is 0 Å². The first-order chi connectivity index (χ1) is 8.25. The molecule has 3 rings (SSSR count). The van der Waals surface area contributed by atoms with E-state index >= 15 is 0 Å². The molecule has 0 radical (unpaired) electrons. The summed E-state index contributed by atoms with van der Waals surface area (Å²) < 4.78 is 2.05. The van der Waals surface area contributed by atoms with Crippen molar-refractivity contribution in [1.82, 2.24) is 5.32 Å². The monoisotopic (exact) mass is 327 g/mol. The summed E-state index contributed by atoms with van der Waals surface area (Å²) in [5.74, 6) is 0.401. The largest absolute Gasteiger partial charge is 0.311 e. The topological polar surface area (TPSA) is 12.0 Å². The van der Waals surface area contributed by atoms with Gasteiger partial charge in [0.15, 0.2) is 0 Å². The number of halogens is 2. The van der Waals surface area contributed by atoms with Crippen molar-refractivity contribution in [3.63, 3.8) is 0 Å². The molecule has 1 nitrogen and oxygen atoms in total. The van der Waals surface area contributed by atoms with E-state index in [4.69, 9.17) is 11.6 Å². The van der Waals surface area contributed by atoms with Gasteiger partial charge in [-0.3, -0.25) is 0 Å². The molecule has 0 bridgehead atoms. The lowest BCUT2D eigenvalue weighted by Gasteiger charge is -2.24. The van der Waals surface area contributed by atoms with Crippen LogP contribution in [0, 0.1) is 0 Å². The maximum Gasteiger partial charge on any atom is 0.0934 e. The van der Waals surface area contributed by atoms with Crippen molar-refractivity contribution in [3.8, 4) is 0 Å². The van der Waals surface area contributed by atoms with Crippen LogP contribution in [0.2, 0.25) is 4.34 Å². The zero-order valence-corrected chi connectivity index (χ0v) is 12.2. The van der Waals surface area contributed by atoms with Crippen molar-refractivity contribution in [2.45, 2.75) is 12.5 Å². The molecule has 0 saturated heterocycles. The molecule has 2 aromatic rings. The Hall–Kier alpha value is -0.350. The summed E-state index contributed by atoms with van der Waals surface area (Å²) in [4.78, 5) is 1.36. The number of hydrogen-bond acceptors (Lipinski definition) is 2. The molecule has 0 unspecified atom stereocenters. The van der Waals surface area contributed by atoms with Gasteiger partial charge < -0.3 is 5.32 Å². The van der Waals surface area contributed by atoms with E-state index < -0.39 is 0 Å². The predicted octanol–water partition coefficient (Wildman–Crippen LogP) is 4.40. The van der Waals surface area contributed by atoms with Crippen molar-refractivity contribution < 1.29 is 0 Å². The van der Waals surface area contributed by atoms with E-state index in [1.165, 1.54) is 20.5 Å². The molecule has 0 aliphatic carbocycles. The normalized spacial score (nSPS) is 19.1. The van der Waals surface area contributed by atoms with Gasteiger partial charge in [-0.1, -0.05) is 45.7 Å². The van der Waals surface area contributed by atoms with Crippen molar-refractivity contribution in [1.29, 1.82) is 0 Å². The Bertz CT molecular complexity index is 552. The number of rotatable bonds is 1. The fourth-order valence-electron chi connectivity index (χ4n) is 2.32. The van der Waals surface area contributed by atoms with Gasteiger partial charge in [0.2, 0.25) is 0 Å². The summed E-state index contributed by atoms with van der Waals surface area (Å²) in [6.07, 6.45) is 0. The smallest absolute Gasteiger partial charge is 0.0934 e. The Morgan fingerprint density at radius 3 is 2.94 bits per heavy atom. The molecule has 88 valence electrons. The maximum atomic E-state index is 6.12. The van der Waals surface area contributed by atoms with E-state index in [1.54, 1.807) is 11.3 Å². The van der Waals surface area contributed by atoms with Gasteiger partial charge in [-0.15, -0.1) is 11.3 Å². The van der Waals surface area contributed by atoms with Gasteiger partial charge in [-0.05, 0) is 23.3 Å². The van der Waals surface area contributed by atoms with Gasteiger partial charge in [0, 0.05) is 28.4 Å². The lowest BCUT2D eigenvalue weighted by molar-refractivity contribution is 0.599. The van der Waals surface area contributed by atoms with Crippen molar-refractivity contribution in [2.75, 3.05) is 6.54 Å². The number of benzene rings is 1. The number of fused-ring (bicyclic) bond motifs is 1. The molecule has 1 aromatic heterocycles. The molecular formula is C13H11BrClNS. The lowest BCUT2D eigenvalue weighted by atomic mass is 9.89. The molecule has 1 aliphatic rings. The second-order valence-electron chi connectivity index (χ2n) is 4.13. The first-order valence-corrected chi connectivity index (χ1v) is 7.47. The van der Waals surface area contributed by atoms with Crippen LogP contribution in [0.15, 0.2) is 34.8 Å². The fourth-order valence-corrected chi connectivity index (χ4v) is 4.19. The summed E-state index contributed by atoms with van der Waals surface area (Å²) in [6.45, 7) is 1.91. The molecule has 4 heteroatoms. The summed E-state index contributed by atoms with van der Waals surface area (Å²) >= 11 is 11.4. The van der Waals surface area contributed by atoms with Crippen LogP contribution in [-0.2, 0) is 6.54 Å². The Morgan fingerprint density at radius 1 is 1.29 bits per heavy atom. The van der Waals surface area contributed by atoms with Gasteiger partial charge in [-0.2, -0.15) is 0 Å². The van der Waals surface area contributed by atoms with E-state index in [2.05, 4.69) is 45.5 Å². The molecule has 2 heterocycles. The standard InChI is InChI=1S/C13H11BrClNS/c14-11-4-2-1-3-8(11)10-6-16-7-12-9(10)5-13(15)17-12/h1-5,10,16H,6-7H2/t10-/m1/s1. The van der Waals surface area contributed by atoms with Crippen LogP contribution in [0.25, 0.3) is 0 Å². The zero-order valence-electron chi connectivity index (χ0n) is 9.04. The number of nitrogens with one attached hydrogen (secondary N) is 1. The van der Waals surface area contributed by atoms with Crippen molar-refractivity contribution >= 4 is 38.9 Å². The van der Waals surface area contributed by atoms with E-state index in [0.717, 1.165) is 17.4 Å². The molecule has 17 heavy (non-hydrogen) atoms.